The van der Waals surface area contributed by atoms with Gasteiger partial charge in [0, 0.05) is 17.3 Å². The highest BCUT2D eigenvalue weighted by molar-refractivity contribution is 6.39. The molecular formula is C16H17ClN2O4. The number of hydrogen-bond donors (Lipinski definition) is 3. The number of furan rings is 1. The molecule has 0 saturated carbocycles. The van der Waals surface area contributed by atoms with Crippen molar-refractivity contribution in [2.24, 2.45) is 0 Å². The van der Waals surface area contributed by atoms with Crippen molar-refractivity contribution < 1.29 is 19.1 Å². The van der Waals surface area contributed by atoms with Gasteiger partial charge in [-0.25, -0.2) is 0 Å². The molecule has 0 aliphatic rings. The van der Waals surface area contributed by atoms with Gasteiger partial charge >= 0.3 is 11.8 Å². The van der Waals surface area contributed by atoms with Crippen molar-refractivity contribution in [3.63, 3.8) is 0 Å². The fourth-order valence-electron chi connectivity index (χ4n) is 1.88. The van der Waals surface area contributed by atoms with Crippen LogP contribution in [-0.2, 0) is 9.59 Å². The Morgan fingerprint density at radius 1 is 1.30 bits per heavy atom. The average molecular weight is 337 g/mol. The number of carbonyl (C=O) groups excluding carboxylic acids is 2. The number of rotatable bonds is 5. The zero-order valence-corrected chi connectivity index (χ0v) is 13.3. The zero-order valence-electron chi connectivity index (χ0n) is 12.5. The maximum Gasteiger partial charge on any atom is 0.313 e. The molecule has 6 nitrogen and oxygen atoms in total. The third kappa shape index (κ3) is 4.84. The van der Waals surface area contributed by atoms with E-state index in [1.165, 1.54) is 6.26 Å². The first-order chi connectivity index (χ1) is 11.0. The molecule has 1 unspecified atom stereocenters. The van der Waals surface area contributed by atoms with E-state index in [0.717, 1.165) is 5.56 Å². The summed E-state index contributed by atoms with van der Waals surface area (Å²) >= 11 is 5.96. The highest BCUT2D eigenvalue weighted by Crippen LogP contribution is 2.20. The van der Waals surface area contributed by atoms with Crippen LogP contribution < -0.4 is 10.6 Å². The van der Waals surface area contributed by atoms with Crippen LogP contribution in [0.2, 0.25) is 5.02 Å². The number of aliphatic hydroxyl groups excluding tert-OH is 1. The molecule has 0 bridgehead atoms. The van der Waals surface area contributed by atoms with Gasteiger partial charge in [0.05, 0.1) is 6.26 Å². The van der Waals surface area contributed by atoms with Crippen LogP contribution in [-0.4, -0.2) is 23.5 Å². The van der Waals surface area contributed by atoms with Crippen molar-refractivity contribution in [1.82, 2.24) is 5.32 Å². The second kappa shape index (κ2) is 7.80. The van der Waals surface area contributed by atoms with Gasteiger partial charge < -0.3 is 20.2 Å². The molecule has 2 rings (SSSR count). The first kappa shape index (κ1) is 17.1. The molecule has 1 atom stereocenters. The lowest BCUT2D eigenvalue weighted by atomic mass is 10.2. The summed E-state index contributed by atoms with van der Waals surface area (Å²) in [6.07, 6.45) is 0.865. The second-order valence-electron chi connectivity index (χ2n) is 4.99. The van der Waals surface area contributed by atoms with E-state index >= 15 is 0 Å². The lowest BCUT2D eigenvalue weighted by molar-refractivity contribution is -0.136. The Morgan fingerprint density at radius 2 is 2.09 bits per heavy atom. The van der Waals surface area contributed by atoms with E-state index in [-0.39, 0.29) is 13.0 Å². The number of carbonyl (C=O) groups is 2. The third-order valence-corrected chi connectivity index (χ3v) is 3.62. The summed E-state index contributed by atoms with van der Waals surface area (Å²) in [7, 11) is 0. The standard InChI is InChI=1S/C16H17ClN2O4/c1-10-4-5-11(9-12(10)17)19-16(22)15(21)18-7-6-13(20)14-3-2-8-23-14/h2-5,8-9,13,20H,6-7H2,1H3,(H,18,21)(H,19,22). The van der Waals surface area contributed by atoms with Gasteiger partial charge in [0.1, 0.15) is 11.9 Å². The lowest BCUT2D eigenvalue weighted by Crippen LogP contribution is -2.36. The van der Waals surface area contributed by atoms with Crippen LogP contribution in [0.5, 0.6) is 0 Å². The zero-order chi connectivity index (χ0) is 16.8. The Hall–Kier alpha value is -2.31. The number of anilines is 1. The van der Waals surface area contributed by atoms with Gasteiger partial charge in [0.25, 0.3) is 0 Å². The minimum atomic E-state index is -0.829. The summed E-state index contributed by atoms with van der Waals surface area (Å²) in [5, 5.41) is 15.2. The maximum atomic E-state index is 11.8. The summed E-state index contributed by atoms with van der Waals surface area (Å²) in [4.78, 5) is 23.5. The monoisotopic (exact) mass is 336 g/mol. The van der Waals surface area contributed by atoms with Gasteiger partial charge in [-0.3, -0.25) is 9.59 Å². The number of benzene rings is 1. The van der Waals surface area contributed by atoms with Crippen LogP contribution in [0.4, 0.5) is 5.69 Å². The number of halogens is 1. The Balaban J connectivity index is 1.78. The molecule has 2 aromatic rings. The molecule has 0 fully saturated rings. The van der Waals surface area contributed by atoms with Gasteiger partial charge in [-0.1, -0.05) is 17.7 Å². The lowest BCUT2D eigenvalue weighted by Gasteiger charge is -2.09. The largest absolute Gasteiger partial charge is 0.467 e. The van der Waals surface area contributed by atoms with Gasteiger partial charge in [0.15, 0.2) is 0 Å². The number of aryl methyl sites for hydroxylation is 1. The normalized spacial score (nSPS) is 11.8. The second-order valence-corrected chi connectivity index (χ2v) is 5.40. The summed E-state index contributed by atoms with van der Waals surface area (Å²) in [5.41, 5.74) is 1.32. The first-order valence-corrected chi connectivity index (χ1v) is 7.42. The predicted octanol–water partition coefficient (Wildman–Crippen LogP) is 2.42. The summed E-state index contributed by atoms with van der Waals surface area (Å²) in [5.74, 6) is -1.16. The van der Waals surface area contributed by atoms with Crippen molar-refractivity contribution in [2.45, 2.75) is 19.4 Å². The van der Waals surface area contributed by atoms with Gasteiger partial charge in [0.2, 0.25) is 0 Å². The van der Waals surface area contributed by atoms with E-state index in [4.69, 9.17) is 16.0 Å². The molecule has 122 valence electrons. The van der Waals surface area contributed by atoms with E-state index in [2.05, 4.69) is 10.6 Å². The molecule has 3 N–H and O–H groups in total. The quantitative estimate of drug-likeness (QED) is 0.731. The molecule has 23 heavy (non-hydrogen) atoms. The highest BCUT2D eigenvalue weighted by atomic mass is 35.5. The number of aliphatic hydroxyl groups is 1. The van der Waals surface area contributed by atoms with Crippen LogP contribution in [0.1, 0.15) is 23.8 Å². The van der Waals surface area contributed by atoms with Crippen molar-refractivity contribution in [3.05, 3.63) is 52.9 Å². The Bertz CT molecular complexity index is 685. The van der Waals surface area contributed by atoms with Crippen LogP contribution in [0, 0.1) is 6.92 Å². The molecule has 1 aromatic heterocycles. The number of nitrogens with one attached hydrogen (secondary N) is 2. The Morgan fingerprint density at radius 3 is 2.74 bits per heavy atom. The summed E-state index contributed by atoms with van der Waals surface area (Å²) in [6.45, 7) is 1.98. The molecule has 0 aliphatic heterocycles. The average Bonchev–Trinajstić information content (AvgIpc) is 3.05. The van der Waals surface area contributed by atoms with Crippen molar-refractivity contribution in [1.29, 1.82) is 0 Å². The van der Waals surface area contributed by atoms with Crippen LogP contribution in [0.15, 0.2) is 41.0 Å². The fraction of sp³-hybridized carbons (Fsp3) is 0.250. The van der Waals surface area contributed by atoms with Crippen molar-refractivity contribution >= 4 is 29.1 Å². The van der Waals surface area contributed by atoms with E-state index in [0.29, 0.717) is 16.5 Å². The topological polar surface area (TPSA) is 91.6 Å². The van der Waals surface area contributed by atoms with Crippen LogP contribution in [0.25, 0.3) is 0 Å². The molecule has 2 amide bonds. The summed E-state index contributed by atoms with van der Waals surface area (Å²) in [6, 6.07) is 8.28. The van der Waals surface area contributed by atoms with E-state index in [1.54, 1.807) is 30.3 Å². The third-order valence-electron chi connectivity index (χ3n) is 3.21. The minimum absolute atomic E-state index is 0.142. The molecule has 0 saturated heterocycles. The van der Waals surface area contributed by atoms with E-state index in [1.807, 2.05) is 6.92 Å². The predicted molar refractivity (Wildman–Crippen MR) is 86.1 cm³/mol. The smallest absolute Gasteiger partial charge is 0.313 e. The SMILES string of the molecule is Cc1ccc(NC(=O)C(=O)NCCC(O)c2ccco2)cc1Cl. The van der Waals surface area contributed by atoms with Crippen molar-refractivity contribution in [3.8, 4) is 0 Å². The van der Waals surface area contributed by atoms with Gasteiger partial charge in [-0.15, -0.1) is 0 Å². The van der Waals surface area contributed by atoms with Gasteiger partial charge in [-0.05, 0) is 43.2 Å². The summed E-state index contributed by atoms with van der Waals surface area (Å²) < 4.78 is 5.05. The maximum absolute atomic E-state index is 11.8. The molecule has 0 aliphatic carbocycles. The minimum Gasteiger partial charge on any atom is -0.467 e. The molecule has 0 spiro atoms. The molecule has 1 heterocycles. The van der Waals surface area contributed by atoms with Crippen LogP contribution >= 0.6 is 11.6 Å². The highest BCUT2D eigenvalue weighted by Gasteiger charge is 2.15. The first-order valence-electron chi connectivity index (χ1n) is 7.04. The fourth-order valence-corrected chi connectivity index (χ4v) is 2.06. The molecule has 1 aromatic carbocycles. The Kier molecular flexibility index (Phi) is 5.78. The molecule has 0 radical (unpaired) electrons. The van der Waals surface area contributed by atoms with Gasteiger partial charge in [-0.2, -0.15) is 0 Å². The van der Waals surface area contributed by atoms with Crippen molar-refractivity contribution in [2.75, 3.05) is 11.9 Å². The molecular weight excluding hydrogens is 320 g/mol. The molecule has 7 heteroatoms. The Labute approximate surface area is 138 Å². The van der Waals surface area contributed by atoms with E-state index in [9.17, 15) is 14.7 Å². The number of amides is 2. The number of hydrogen-bond acceptors (Lipinski definition) is 4. The van der Waals surface area contributed by atoms with E-state index < -0.39 is 17.9 Å². The van der Waals surface area contributed by atoms with Crippen LogP contribution in [0.3, 0.4) is 0 Å².